The van der Waals surface area contributed by atoms with E-state index in [1.807, 2.05) is 11.7 Å². The Morgan fingerprint density at radius 3 is 2.83 bits per heavy atom. The van der Waals surface area contributed by atoms with Crippen molar-refractivity contribution in [2.24, 2.45) is 7.05 Å². The van der Waals surface area contributed by atoms with Crippen molar-refractivity contribution in [3.63, 3.8) is 0 Å². The van der Waals surface area contributed by atoms with Gasteiger partial charge in [-0.2, -0.15) is 5.10 Å². The minimum atomic E-state index is -0.399. The van der Waals surface area contributed by atoms with Crippen molar-refractivity contribution < 1.29 is 9.84 Å². The van der Waals surface area contributed by atoms with E-state index >= 15 is 0 Å². The standard InChI is InChI=1S/C12H22BrN3O2/c1-4-10-12(13)11(16(2)15-10)7-14-6-5-9(17)8-18-3/h9,14,17H,4-8H2,1-3H3. The molecule has 1 aromatic rings. The maximum Gasteiger partial charge on any atom is 0.0785 e. The third kappa shape index (κ3) is 4.35. The van der Waals surface area contributed by atoms with Crippen molar-refractivity contribution in [1.29, 1.82) is 0 Å². The average molecular weight is 320 g/mol. The number of nitrogens with one attached hydrogen (secondary N) is 1. The quantitative estimate of drug-likeness (QED) is 0.708. The highest BCUT2D eigenvalue weighted by atomic mass is 79.9. The van der Waals surface area contributed by atoms with Crippen molar-refractivity contribution in [3.05, 3.63) is 15.9 Å². The molecular formula is C12H22BrN3O2. The van der Waals surface area contributed by atoms with Crippen molar-refractivity contribution in [2.75, 3.05) is 20.3 Å². The summed E-state index contributed by atoms with van der Waals surface area (Å²) >= 11 is 3.58. The van der Waals surface area contributed by atoms with Gasteiger partial charge < -0.3 is 15.2 Å². The summed E-state index contributed by atoms with van der Waals surface area (Å²) in [5.74, 6) is 0. The molecule has 0 saturated heterocycles. The Hall–Kier alpha value is -0.430. The molecule has 0 bridgehead atoms. The molecule has 0 amide bonds. The second kappa shape index (κ2) is 7.89. The zero-order valence-corrected chi connectivity index (χ0v) is 12.8. The summed E-state index contributed by atoms with van der Waals surface area (Å²) in [7, 11) is 3.54. The Labute approximate surface area is 117 Å². The lowest BCUT2D eigenvalue weighted by atomic mass is 10.2. The summed E-state index contributed by atoms with van der Waals surface area (Å²) in [5, 5.41) is 17.2. The fraction of sp³-hybridized carbons (Fsp3) is 0.750. The number of aryl methyl sites for hydroxylation is 2. The van der Waals surface area contributed by atoms with Gasteiger partial charge in [0.05, 0.1) is 28.6 Å². The van der Waals surface area contributed by atoms with Gasteiger partial charge in [0.2, 0.25) is 0 Å². The molecule has 0 fully saturated rings. The summed E-state index contributed by atoms with van der Waals surface area (Å²) in [4.78, 5) is 0. The van der Waals surface area contributed by atoms with E-state index in [4.69, 9.17) is 4.74 Å². The van der Waals surface area contributed by atoms with E-state index in [2.05, 4.69) is 33.3 Å². The Bertz CT molecular complexity index is 368. The molecule has 0 aliphatic rings. The predicted molar refractivity (Wildman–Crippen MR) is 74.5 cm³/mol. The predicted octanol–water partition coefficient (Wildman–Crippen LogP) is 1.23. The monoisotopic (exact) mass is 319 g/mol. The van der Waals surface area contributed by atoms with E-state index in [1.54, 1.807) is 7.11 Å². The molecule has 0 aromatic carbocycles. The fourth-order valence-corrected chi connectivity index (χ4v) is 2.52. The van der Waals surface area contributed by atoms with E-state index in [0.29, 0.717) is 13.0 Å². The largest absolute Gasteiger partial charge is 0.391 e. The highest BCUT2D eigenvalue weighted by Gasteiger charge is 2.11. The van der Waals surface area contributed by atoms with Gasteiger partial charge in [0.1, 0.15) is 0 Å². The first-order chi connectivity index (χ1) is 8.60. The van der Waals surface area contributed by atoms with Gasteiger partial charge in [-0.05, 0) is 35.3 Å². The topological polar surface area (TPSA) is 59.3 Å². The van der Waals surface area contributed by atoms with Crippen LogP contribution >= 0.6 is 15.9 Å². The number of halogens is 1. The average Bonchev–Trinajstić information content (AvgIpc) is 2.61. The van der Waals surface area contributed by atoms with Crippen LogP contribution in [0, 0.1) is 0 Å². The minimum Gasteiger partial charge on any atom is -0.391 e. The number of aliphatic hydroxyl groups is 1. The molecule has 0 saturated carbocycles. The molecule has 0 aliphatic carbocycles. The number of hydrogen-bond donors (Lipinski definition) is 2. The molecule has 6 heteroatoms. The first kappa shape index (κ1) is 15.6. The number of ether oxygens (including phenoxy) is 1. The lowest BCUT2D eigenvalue weighted by molar-refractivity contribution is 0.0594. The highest BCUT2D eigenvalue weighted by Crippen LogP contribution is 2.21. The van der Waals surface area contributed by atoms with E-state index in [0.717, 1.165) is 35.4 Å². The number of hydrogen-bond acceptors (Lipinski definition) is 4. The van der Waals surface area contributed by atoms with Crippen LogP contribution in [0.15, 0.2) is 4.47 Å². The van der Waals surface area contributed by atoms with Gasteiger partial charge in [-0.3, -0.25) is 4.68 Å². The molecule has 0 radical (unpaired) electrons. The summed E-state index contributed by atoms with van der Waals surface area (Å²) < 4.78 is 7.85. The van der Waals surface area contributed by atoms with Crippen LogP contribution in [0.4, 0.5) is 0 Å². The lowest BCUT2D eigenvalue weighted by Gasteiger charge is -2.10. The second-order valence-electron chi connectivity index (χ2n) is 4.26. The normalized spacial score (nSPS) is 12.9. The van der Waals surface area contributed by atoms with Gasteiger partial charge >= 0.3 is 0 Å². The van der Waals surface area contributed by atoms with E-state index < -0.39 is 6.10 Å². The molecule has 0 spiro atoms. The first-order valence-electron chi connectivity index (χ1n) is 6.18. The molecule has 1 unspecified atom stereocenters. The van der Waals surface area contributed by atoms with Crippen LogP contribution in [0.3, 0.4) is 0 Å². The molecular weight excluding hydrogens is 298 g/mol. The van der Waals surface area contributed by atoms with Gasteiger partial charge in [-0.25, -0.2) is 0 Å². The lowest BCUT2D eigenvalue weighted by Crippen LogP contribution is -2.23. The van der Waals surface area contributed by atoms with Gasteiger partial charge in [0.15, 0.2) is 0 Å². The van der Waals surface area contributed by atoms with E-state index in [-0.39, 0.29) is 0 Å². The second-order valence-corrected chi connectivity index (χ2v) is 5.05. The van der Waals surface area contributed by atoms with E-state index in [9.17, 15) is 5.11 Å². The van der Waals surface area contributed by atoms with Crippen molar-refractivity contribution in [1.82, 2.24) is 15.1 Å². The van der Waals surface area contributed by atoms with Gasteiger partial charge in [0.25, 0.3) is 0 Å². The highest BCUT2D eigenvalue weighted by molar-refractivity contribution is 9.10. The Morgan fingerprint density at radius 2 is 2.28 bits per heavy atom. The summed E-state index contributed by atoms with van der Waals surface area (Å²) in [6.07, 6.45) is 1.20. The molecule has 1 aromatic heterocycles. The molecule has 18 heavy (non-hydrogen) atoms. The van der Waals surface area contributed by atoms with Gasteiger partial charge in [-0.15, -0.1) is 0 Å². The van der Waals surface area contributed by atoms with Crippen molar-refractivity contribution in [3.8, 4) is 0 Å². The minimum absolute atomic E-state index is 0.386. The SMILES string of the molecule is CCc1nn(C)c(CNCCC(O)COC)c1Br. The Kier molecular flexibility index (Phi) is 6.85. The maximum atomic E-state index is 9.51. The third-order valence-corrected chi connectivity index (χ3v) is 3.72. The van der Waals surface area contributed by atoms with Crippen LogP contribution in [-0.2, 0) is 24.8 Å². The zero-order chi connectivity index (χ0) is 13.5. The number of aromatic nitrogens is 2. The number of methoxy groups -OCH3 is 1. The zero-order valence-electron chi connectivity index (χ0n) is 11.2. The van der Waals surface area contributed by atoms with Crippen molar-refractivity contribution in [2.45, 2.75) is 32.4 Å². The Balaban J connectivity index is 2.37. The summed E-state index contributed by atoms with van der Waals surface area (Å²) in [5.41, 5.74) is 2.21. The maximum absolute atomic E-state index is 9.51. The molecule has 2 N–H and O–H groups in total. The summed E-state index contributed by atoms with van der Waals surface area (Å²) in [6, 6.07) is 0. The van der Waals surface area contributed by atoms with Gasteiger partial charge in [-0.1, -0.05) is 6.92 Å². The van der Waals surface area contributed by atoms with E-state index in [1.165, 1.54) is 0 Å². The third-order valence-electron chi connectivity index (χ3n) is 2.81. The summed E-state index contributed by atoms with van der Waals surface area (Å²) in [6.45, 7) is 3.97. The smallest absolute Gasteiger partial charge is 0.0785 e. The molecule has 1 rings (SSSR count). The molecule has 104 valence electrons. The van der Waals surface area contributed by atoms with Crippen molar-refractivity contribution >= 4 is 15.9 Å². The van der Waals surface area contributed by atoms with Crippen LogP contribution in [0.5, 0.6) is 0 Å². The van der Waals surface area contributed by atoms with Crippen LogP contribution < -0.4 is 5.32 Å². The van der Waals surface area contributed by atoms with Gasteiger partial charge in [0, 0.05) is 20.7 Å². The Morgan fingerprint density at radius 1 is 1.56 bits per heavy atom. The van der Waals surface area contributed by atoms with Crippen LogP contribution in [0.1, 0.15) is 24.7 Å². The first-order valence-corrected chi connectivity index (χ1v) is 6.97. The molecule has 5 nitrogen and oxygen atoms in total. The molecule has 1 atom stereocenters. The number of rotatable bonds is 8. The molecule has 0 aliphatic heterocycles. The van der Waals surface area contributed by atoms with Crippen LogP contribution in [-0.4, -0.2) is 41.3 Å². The number of aliphatic hydroxyl groups excluding tert-OH is 1. The van der Waals surface area contributed by atoms with Crippen LogP contribution in [0.25, 0.3) is 0 Å². The van der Waals surface area contributed by atoms with Crippen LogP contribution in [0.2, 0.25) is 0 Å². The fourth-order valence-electron chi connectivity index (χ4n) is 1.76. The number of nitrogens with zero attached hydrogens (tertiary/aromatic N) is 2. The molecule has 1 heterocycles.